The minimum absolute atomic E-state index is 0.769. The second-order valence-electron chi connectivity index (χ2n) is 6.74. The first kappa shape index (κ1) is 21.2. The lowest BCUT2D eigenvalue weighted by atomic mass is 10.1. The Morgan fingerprint density at radius 3 is 1.92 bits per heavy atom. The van der Waals surface area contributed by atoms with Crippen LogP contribution in [0.15, 0.2) is 30.3 Å². The van der Waals surface area contributed by atoms with Crippen molar-refractivity contribution in [1.82, 2.24) is 0 Å². The van der Waals surface area contributed by atoms with Crippen LogP contribution in [0.25, 0.3) is 0 Å². The molecule has 0 atom stereocenters. The molecule has 24 heavy (non-hydrogen) atoms. The van der Waals surface area contributed by atoms with Crippen molar-refractivity contribution in [3.05, 3.63) is 35.9 Å². The molecule has 0 aromatic heterocycles. The molecule has 0 radical (unpaired) electrons. The van der Waals surface area contributed by atoms with Gasteiger partial charge in [-0.15, -0.1) is 0 Å². The van der Waals surface area contributed by atoms with Gasteiger partial charge in [-0.1, -0.05) is 101 Å². The summed E-state index contributed by atoms with van der Waals surface area (Å²) in [6.45, 7) is 3.07. The van der Waals surface area contributed by atoms with Crippen molar-refractivity contribution >= 4 is 17.3 Å². The van der Waals surface area contributed by atoms with Gasteiger partial charge in [0.2, 0.25) is 0 Å². The van der Waals surface area contributed by atoms with E-state index in [9.17, 15) is 0 Å². The largest absolute Gasteiger partial charge is 0.487 e. The molecule has 0 heterocycles. The third-order valence-electron chi connectivity index (χ3n) is 4.47. The zero-order valence-corrected chi connectivity index (χ0v) is 16.4. The van der Waals surface area contributed by atoms with Crippen LogP contribution in [-0.4, -0.2) is 11.7 Å². The molecule has 0 saturated carbocycles. The molecule has 0 aliphatic rings. The quantitative estimate of drug-likeness (QED) is 0.243. The smallest absolute Gasteiger partial charge is 0.159 e. The van der Waals surface area contributed by atoms with E-state index in [-0.39, 0.29) is 0 Å². The molecule has 1 nitrogen and oxygen atoms in total. The molecule has 0 saturated heterocycles. The van der Waals surface area contributed by atoms with Crippen molar-refractivity contribution in [1.29, 1.82) is 0 Å². The number of hydrogen-bond donors (Lipinski definition) is 0. The van der Waals surface area contributed by atoms with Crippen molar-refractivity contribution in [3.63, 3.8) is 0 Å². The highest BCUT2D eigenvalue weighted by molar-refractivity contribution is 7.80. The molecule has 0 aliphatic carbocycles. The lowest BCUT2D eigenvalue weighted by molar-refractivity contribution is 0.292. The van der Waals surface area contributed by atoms with Crippen LogP contribution < -0.4 is 0 Å². The summed E-state index contributed by atoms with van der Waals surface area (Å²) in [6, 6.07) is 10.5. The van der Waals surface area contributed by atoms with Crippen LogP contribution in [-0.2, 0) is 11.2 Å². The first-order valence-electron chi connectivity index (χ1n) is 10.0. The Morgan fingerprint density at radius 2 is 1.33 bits per heavy atom. The number of unbranched alkanes of at least 4 members (excludes halogenated alkanes) is 10. The van der Waals surface area contributed by atoms with Gasteiger partial charge in [0.25, 0.3) is 0 Å². The topological polar surface area (TPSA) is 9.23 Å². The van der Waals surface area contributed by atoms with Gasteiger partial charge < -0.3 is 4.74 Å². The predicted octanol–water partition coefficient (Wildman–Crippen LogP) is 7.27. The van der Waals surface area contributed by atoms with Gasteiger partial charge in [-0.3, -0.25) is 0 Å². The van der Waals surface area contributed by atoms with Crippen LogP contribution in [0, 0.1) is 0 Å². The minimum Gasteiger partial charge on any atom is -0.487 e. The Bertz CT molecular complexity index is 402. The van der Waals surface area contributed by atoms with Crippen LogP contribution >= 0.6 is 12.2 Å². The molecule has 1 aromatic carbocycles. The first-order chi connectivity index (χ1) is 11.8. The fourth-order valence-electron chi connectivity index (χ4n) is 2.92. The summed E-state index contributed by atoms with van der Waals surface area (Å²) < 4.78 is 5.68. The van der Waals surface area contributed by atoms with Crippen LogP contribution in [0.4, 0.5) is 0 Å². The summed E-state index contributed by atoms with van der Waals surface area (Å²) >= 11 is 5.31. The van der Waals surface area contributed by atoms with E-state index in [1.54, 1.807) is 0 Å². The van der Waals surface area contributed by atoms with E-state index in [0.717, 1.165) is 30.9 Å². The molecule has 0 bridgehead atoms. The molecule has 2 heteroatoms. The van der Waals surface area contributed by atoms with Crippen LogP contribution in [0.3, 0.4) is 0 Å². The molecular formula is C22H36OS. The number of ether oxygens (including phenoxy) is 1. The Hall–Kier alpha value is -0.890. The maximum Gasteiger partial charge on any atom is 0.159 e. The number of hydrogen-bond acceptors (Lipinski definition) is 2. The number of rotatable bonds is 15. The standard InChI is InChI=1S/C22H36OS/c1-2-3-4-5-6-7-8-9-10-11-15-20-23-22(24)19-18-21-16-13-12-14-17-21/h12-14,16-17H,2-11,15,18-20H2,1H3. The monoisotopic (exact) mass is 348 g/mol. The normalized spacial score (nSPS) is 10.7. The molecule has 0 spiro atoms. The van der Waals surface area contributed by atoms with Gasteiger partial charge >= 0.3 is 0 Å². The lowest BCUT2D eigenvalue weighted by Crippen LogP contribution is -2.04. The van der Waals surface area contributed by atoms with Gasteiger partial charge in [0.05, 0.1) is 6.61 Å². The van der Waals surface area contributed by atoms with Crippen LogP contribution in [0.5, 0.6) is 0 Å². The van der Waals surface area contributed by atoms with Gasteiger partial charge in [-0.25, -0.2) is 0 Å². The molecule has 0 fully saturated rings. The van der Waals surface area contributed by atoms with E-state index in [1.165, 1.54) is 69.8 Å². The van der Waals surface area contributed by atoms with E-state index in [4.69, 9.17) is 17.0 Å². The molecule has 0 N–H and O–H groups in total. The second-order valence-corrected chi connectivity index (χ2v) is 7.20. The highest BCUT2D eigenvalue weighted by Gasteiger charge is 2.00. The third kappa shape index (κ3) is 12.5. The Kier molecular flexibility index (Phi) is 13.8. The van der Waals surface area contributed by atoms with Gasteiger partial charge in [-0.2, -0.15) is 0 Å². The highest BCUT2D eigenvalue weighted by atomic mass is 32.1. The predicted molar refractivity (Wildman–Crippen MR) is 110 cm³/mol. The van der Waals surface area contributed by atoms with Gasteiger partial charge in [0.1, 0.15) is 0 Å². The Morgan fingerprint density at radius 1 is 0.792 bits per heavy atom. The first-order valence-corrected chi connectivity index (χ1v) is 10.4. The Balaban J connectivity index is 1.82. The summed E-state index contributed by atoms with van der Waals surface area (Å²) in [5.74, 6) is 0. The van der Waals surface area contributed by atoms with E-state index < -0.39 is 0 Å². The van der Waals surface area contributed by atoms with E-state index >= 15 is 0 Å². The number of benzene rings is 1. The van der Waals surface area contributed by atoms with Crippen LogP contribution in [0.2, 0.25) is 0 Å². The molecule has 1 rings (SSSR count). The highest BCUT2D eigenvalue weighted by Crippen LogP contribution is 2.11. The maximum atomic E-state index is 5.68. The maximum absolute atomic E-state index is 5.68. The van der Waals surface area contributed by atoms with E-state index in [2.05, 4.69) is 31.2 Å². The summed E-state index contributed by atoms with van der Waals surface area (Å²) in [7, 11) is 0. The SMILES string of the molecule is CCCCCCCCCCCCCOC(=S)CCc1ccccc1. The average molecular weight is 349 g/mol. The third-order valence-corrected chi connectivity index (χ3v) is 4.79. The van der Waals surface area contributed by atoms with Crippen molar-refractivity contribution < 1.29 is 4.74 Å². The zero-order valence-electron chi connectivity index (χ0n) is 15.6. The van der Waals surface area contributed by atoms with Gasteiger partial charge in [0.15, 0.2) is 5.05 Å². The number of aryl methyl sites for hydroxylation is 1. The minimum atomic E-state index is 0.769. The van der Waals surface area contributed by atoms with Crippen molar-refractivity contribution in [2.45, 2.75) is 90.4 Å². The summed E-state index contributed by atoms with van der Waals surface area (Å²) in [4.78, 5) is 0. The van der Waals surface area contributed by atoms with Crippen molar-refractivity contribution in [2.24, 2.45) is 0 Å². The summed E-state index contributed by atoms with van der Waals surface area (Å²) in [5, 5.41) is 0.769. The second kappa shape index (κ2) is 15.6. The van der Waals surface area contributed by atoms with Gasteiger partial charge in [-0.05, 0) is 30.6 Å². The van der Waals surface area contributed by atoms with Gasteiger partial charge in [0, 0.05) is 6.42 Å². The van der Waals surface area contributed by atoms with Crippen LogP contribution in [0.1, 0.15) is 89.5 Å². The fourth-order valence-corrected chi connectivity index (χ4v) is 3.10. The summed E-state index contributed by atoms with van der Waals surface area (Å²) in [5.41, 5.74) is 1.33. The van der Waals surface area contributed by atoms with E-state index in [1.807, 2.05) is 6.07 Å². The molecule has 0 unspecified atom stereocenters. The zero-order chi connectivity index (χ0) is 17.3. The average Bonchev–Trinajstić information content (AvgIpc) is 2.62. The summed E-state index contributed by atoms with van der Waals surface area (Å²) in [6.07, 6.45) is 16.9. The molecule has 0 aliphatic heterocycles. The molecule has 0 amide bonds. The fraction of sp³-hybridized carbons (Fsp3) is 0.682. The van der Waals surface area contributed by atoms with Crippen molar-refractivity contribution in [2.75, 3.05) is 6.61 Å². The van der Waals surface area contributed by atoms with E-state index in [0.29, 0.717) is 0 Å². The Labute approximate surface area is 155 Å². The molecule has 136 valence electrons. The molecule has 1 aromatic rings. The number of thiocarbonyl (C=S) groups is 1. The lowest BCUT2D eigenvalue weighted by Gasteiger charge is -2.07. The van der Waals surface area contributed by atoms with Crippen molar-refractivity contribution in [3.8, 4) is 0 Å². The molecular weight excluding hydrogens is 312 g/mol.